The molecule has 0 bridgehead atoms. The summed E-state index contributed by atoms with van der Waals surface area (Å²) in [5, 5.41) is 6.32. The molecule has 116 valence electrons. The first-order valence-electron chi connectivity index (χ1n) is 7.44. The second-order valence-corrected chi connectivity index (χ2v) is 6.70. The van der Waals surface area contributed by atoms with Crippen LogP contribution in [-0.2, 0) is 4.79 Å². The highest BCUT2D eigenvalue weighted by Crippen LogP contribution is 2.19. The Balaban J connectivity index is 1.90. The number of amides is 1. The van der Waals surface area contributed by atoms with Crippen LogP contribution in [0, 0.1) is 0 Å². The second-order valence-electron chi connectivity index (χ2n) is 5.55. The van der Waals surface area contributed by atoms with Gasteiger partial charge in [0, 0.05) is 18.1 Å². The third kappa shape index (κ3) is 4.93. The monoisotopic (exact) mass is 308 g/mol. The molecule has 21 heavy (non-hydrogen) atoms. The molecule has 1 saturated heterocycles. The van der Waals surface area contributed by atoms with Gasteiger partial charge < -0.3 is 15.4 Å². The number of hydrogen-bond acceptors (Lipinski definition) is 4. The fraction of sp³-hybridized carbons (Fsp3) is 0.562. The lowest BCUT2D eigenvalue weighted by Gasteiger charge is -2.24. The molecule has 2 unspecified atom stereocenters. The zero-order valence-corrected chi connectivity index (χ0v) is 13.7. The molecule has 0 aromatic heterocycles. The van der Waals surface area contributed by atoms with E-state index < -0.39 is 0 Å². The van der Waals surface area contributed by atoms with Crippen LogP contribution in [0.5, 0.6) is 5.75 Å². The summed E-state index contributed by atoms with van der Waals surface area (Å²) in [6, 6.07) is 7.84. The van der Waals surface area contributed by atoms with Gasteiger partial charge in [-0.05, 0) is 38.5 Å². The molecule has 1 fully saturated rings. The second kappa shape index (κ2) is 7.71. The Morgan fingerprint density at radius 2 is 2.05 bits per heavy atom. The smallest absolute Gasteiger partial charge is 0.238 e. The van der Waals surface area contributed by atoms with Crippen LogP contribution < -0.4 is 15.4 Å². The van der Waals surface area contributed by atoms with E-state index in [1.54, 1.807) is 0 Å². The maximum absolute atomic E-state index is 12.2. The minimum Gasteiger partial charge on any atom is -0.491 e. The van der Waals surface area contributed by atoms with Gasteiger partial charge in [-0.1, -0.05) is 12.1 Å². The van der Waals surface area contributed by atoms with Crippen LogP contribution in [0.2, 0.25) is 0 Å². The van der Waals surface area contributed by atoms with Crippen LogP contribution in [0.25, 0.3) is 0 Å². The summed E-state index contributed by atoms with van der Waals surface area (Å²) in [5.74, 6) is 2.87. The quantitative estimate of drug-likeness (QED) is 0.877. The highest BCUT2D eigenvalue weighted by Gasteiger charge is 2.22. The minimum absolute atomic E-state index is 0.000624. The zero-order valence-electron chi connectivity index (χ0n) is 12.9. The Morgan fingerprint density at radius 3 is 2.62 bits per heavy atom. The normalized spacial score (nSPS) is 20.1. The van der Waals surface area contributed by atoms with Crippen molar-refractivity contribution >= 4 is 17.7 Å². The fourth-order valence-corrected chi connectivity index (χ4v) is 3.17. The molecule has 1 aromatic carbocycles. The Labute approximate surface area is 131 Å². The van der Waals surface area contributed by atoms with Crippen LogP contribution >= 0.6 is 11.8 Å². The largest absolute Gasteiger partial charge is 0.491 e. The van der Waals surface area contributed by atoms with Gasteiger partial charge in [-0.3, -0.25) is 4.79 Å². The van der Waals surface area contributed by atoms with Gasteiger partial charge >= 0.3 is 0 Å². The van der Waals surface area contributed by atoms with E-state index in [0.29, 0.717) is 0 Å². The topological polar surface area (TPSA) is 50.4 Å². The van der Waals surface area contributed by atoms with Gasteiger partial charge in [0.2, 0.25) is 5.91 Å². The van der Waals surface area contributed by atoms with E-state index >= 15 is 0 Å². The van der Waals surface area contributed by atoms with Crippen molar-refractivity contribution in [1.82, 2.24) is 10.6 Å². The van der Waals surface area contributed by atoms with Crippen molar-refractivity contribution in [3.8, 4) is 5.75 Å². The summed E-state index contributed by atoms with van der Waals surface area (Å²) in [7, 11) is 0. The number of rotatable bonds is 5. The number of hydrogen-bond donors (Lipinski definition) is 2. The van der Waals surface area contributed by atoms with Gasteiger partial charge in [0.25, 0.3) is 0 Å². The number of carbonyl (C=O) groups is 1. The summed E-state index contributed by atoms with van der Waals surface area (Å²) >= 11 is 1.82. The fourth-order valence-electron chi connectivity index (χ4n) is 2.24. The predicted octanol–water partition coefficient (Wildman–Crippen LogP) is 2.36. The van der Waals surface area contributed by atoms with Crippen molar-refractivity contribution in [3.63, 3.8) is 0 Å². The molecule has 1 amide bonds. The SMILES string of the molecule is CC(C)Oc1ccc(C(C)NC(=O)C2CSCCN2)cc1. The highest BCUT2D eigenvalue weighted by atomic mass is 32.2. The molecule has 0 saturated carbocycles. The van der Waals surface area contributed by atoms with Crippen molar-refractivity contribution in [3.05, 3.63) is 29.8 Å². The van der Waals surface area contributed by atoms with Crippen LogP contribution in [-0.4, -0.2) is 36.1 Å². The van der Waals surface area contributed by atoms with E-state index in [0.717, 1.165) is 29.4 Å². The lowest BCUT2D eigenvalue weighted by Crippen LogP contribution is -2.49. The van der Waals surface area contributed by atoms with E-state index in [-0.39, 0.29) is 24.1 Å². The first-order chi connectivity index (χ1) is 10.1. The Morgan fingerprint density at radius 1 is 1.33 bits per heavy atom. The van der Waals surface area contributed by atoms with Gasteiger partial charge in [0.05, 0.1) is 18.2 Å². The molecule has 2 N–H and O–H groups in total. The van der Waals surface area contributed by atoms with Gasteiger partial charge in [-0.25, -0.2) is 0 Å². The number of thioether (sulfide) groups is 1. The average Bonchev–Trinajstić information content (AvgIpc) is 2.48. The Hall–Kier alpha value is -1.20. The molecule has 0 aliphatic carbocycles. The lowest BCUT2D eigenvalue weighted by atomic mass is 10.1. The lowest BCUT2D eigenvalue weighted by molar-refractivity contribution is -0.123. The Bertz CT molecular complexity index is 456. The van der Waals surface area contributed by atoms with E-state index in [9.17, 15) is 4.79 Å². The first-order valence-corrected chi connectivity index (χ1v) is 8.60. The molecule has 1 aliphatic heterocycles. The van der Waals surface area contributed by atoms with Gasteiger partial charge in [-0.15, -0.1) is 0 Å². The maximum Gasteiger partial charge on any atom is 0.238 e. The van der Waals surface area contributed by atoms with Crippen molar-refractivity contribution in [2.24, 2.45) is 0 Å². The first kappa shape index (κ1) is 16.2. The molecule has 1 aromatic rings. The molecule has 4 nitrogen and oxygen atoms in total. The van der Waals surface area contributed by atoms with Crippen molar-refractivity contribution in [1.29, 1.82) is 0 Å². The third-order valence-electron chi connectivity index (χ3n) is 3.35. The van der Waals surface area contributed by atoms with Crippen LogP contribution in [0.1, 0.15) is 32.4 Å². The van der Waals surface area contributed by atoms with Crippen LogP contribution in [0.3, 0.4) is 0 Å². The van der Waals surface area contributed by atoms with Crippen molar-refractivity contribution in [2.45, 2.75) is 39.0 Å². The van der Waals surface area contributed by atoms with E-state index in [4.69, 9.17) is 4.74 Å². The summed E-state index contributed by atoms with van der Waals surface area (Å²) < 4.78 is 5.63. The summed E-state index contributed by atoms with van der Waals surface area (Å²) in [4.78, 5) is 12.2. The molecular formula is C16H24N2O2S. The van der Waals surface area contributed by atoms with Crippen molar-refractivity contribution in [2.75, 3.05) is 18.1 Å². The third-order valence-corrected chi connectivity index (χ3v) is 4.41. The van der Waals surface area contributed by atoms with Gasteiger partial charge in [0.15, 0.2) is 0 Å². The standard InChI is InChI=1S/C16H24N2O2S/c1-11(2)20-14-6-4-13(5-7-14)12(3)18-16(19)15-10-21-9-8-17-15/h4-7,11-12,15,17H,8-10H2,1-3H3,(H,18,19). The molecule has 2 rings (SSSR count). The Kier molecular flexibility index (Phi) is 5.94. The number of benzene rings is 1. The van der Waals surface area contributed by atoms with E-state index in [1.165, 1.54) is 0 Å². The average molecular weight is 308 g/mol. The summed E-state index contributed by atoms with van der Waals surface area (Å²) in [6.45, 7) is 6.92. The zero-order chi connectivity index (χ0) is 15.2. The summed E-state index contributed by atoms with van der Waals surface area (Å²) in [6.07, 6.45) is 0.169. The number of ether oxygens (including phenoxy) is 1. The number of nitrogens with one attached hydrogen (secondary N) is 2. The molecule has 0 spiro atoms. The molecular weight excluding hydrogens is 284 g/mol. The molecule has 5 heteroatoms. The predicted molar refractivity (Wildman–Crippen MR) is 87.9 cm³/mol. The van der Waals surface area contributed by atoms with Crippen molar-refractivity contribution < 1.29 is 9.53 Å². The minimum atomic E-state index is -0.0743. The maximum atomic E-state index is 12.2. The van der Waals surface area contributed by atoms with Gasteiger partial charge in [-0.2, -0.15) is 11.8 Å². The van der Waals surface area contributed by atoms with Crippen LogP contribution in [0.4, 0.5) is 0 Å². The number of carbonyl (C=O) groups excluding carboxylic acids is 1. The van der Waals surface area contributed by atoms with Gasteiger partial charge in [0.1, 0.15) is 5.75 Å². The molecule has 2 atom stereocenters. The van der Waals surface area contributed by atoms with Crippen LogP contribution in [0.15, 0.2) is 24.3 Å². The molecule has 1 heterocycles. The molecule has 1 aliphatic rings. The van der Waals surface area contributed by atoms with E-state index in [1.807, 2.05) is 56.8 Å². The highest BCUT2D eigenvalue weighted by molar-refractivity contribution is 7.99. The van der Waals surface area contributed by atoms with E-state index in [2.05, 4.69) is 10.6 Å². The molecule has 0 radical (unpaired) electrons. The summed E-state index contributed by atoms with van der Waals surface area (Å²) in [5.41, 5.74) is 1.09.